The van der Waals surface area contributed by atoms with E-state index in [9.17, 15) is 0 Å². The Bertz CT molecular complexity index is 826. The number of rotatable bonds is 4. The fraction of sp³-hybridized carbons (Fsp3) is 0.0769. The van der Waals surface area contributed by atoms with Crippen molar-refractivity contribution in [3.63, 3.8) is 0 Å². The van der Waals surface area contributed by atoms with Crippen molar-refractivity contribution >= 4 is 35.2 Å². The summed E-state index contributed by atoms with van der Waals surface area (Å²) in [6.45, 7) is 1.84. The maximum Gasteiger partial charge on any atom is 0.228 e. The number of hydrogen-bond acceptors (Lipinski definition) is 6. The second-order valence-corrected chi connectivity index (χ2v) is 5.17. The topological polar surface area (TPSA) is 81.7 Å². The van der Waals surface area contributed by atoms with Crippen molar-refractivity contribution in [2.45, 2.75) is 6.92 Å². The lowest BCUT2D eigenvalue weighted by Crippen LogP contribution is -2.00. The van der Waals surface area contributed by atoms with Crippen LogP contribution in [0, 0.1) is 6.92 Å². The van der Waals surface area contributed by atoms with Gasteiger partial charge in [-0.15, -0.1) is 5.10 Å². The van der Waals surface area contributed by atoms with Crippen molar-refractivity contribution in [3.8, 4) is 5.69 Å². The van der Waals surface area contributed by atoms with Crippen LogP contribution in [-0.4, -0.2) is 25.4 Å². The molecule has 3 aromatic rings. The molecular weight excluding hydrogens is 327 g/mol. The SMILES string of the molecule is Cc1cc(NC=Cc2nnnn2-c2ccc(Cl)c(Cl)c2)on1. The third-order valence-corrected chi connectivity index (χ3v) is 3.47. The summed E-state index contributed by atoms with van der Waals surface area (Å²) in [6, 6.07) is 6.91. The summed E-state index contributed by atoms with van der Waals surface area (Å²) in [4.78, 5) is 0. The van der Waals surface area contributed by atoms with Gasteiger partial charge in [-0.05, 0) is 35.5 Å². The van der Waals surface area contributed by atoms with Gasteiger partial charge in [0.2, 0.25) is 5.88 Å². The lowest BCUT2D eigenvalue weighted by Gasteiger charge is -2.03. The number of hydrogen-bond donors (Lipinski definition) is 1. The number of halogens is 2. The molecule has 0 aliphatic carbocycles. The third kappa shape index (κ3) is 3.10. The summed E-state index contributed by atoms with van der Waals surface area (Å²) in [5, 5.41) is 19.1. The molecule has 0 fully saturated rings. The Balaban J connectivity index is 1.81. The summed E-state index contributed by atoms with van der Waals surface area (Å²) in [5.74, 6) is 1.05. The van der Waals surface area contributed by atoms with Crippen molar-refractivity contribution < 1.29 is 4.52 Å². The van der Waals surface area contributed by atoms with E-state index in [2.05, 4.69) is 26.0 Å². The van der Waals surface area contributed by atoms with E-state index in [1.54, 1.807) is 36.5 Å². The number of anilines is 1. The largest absolute Gasteiger partial charge is 0.338 e. The molecule has 0 amide bonds. The number of tetrazole rings is 1. The molecule has 0 aliphatic rings. The van der Waals surface area contributed by atoms with Gasteiger partial charge in [-0.3, -0.25) is 0 Å². The Morgan fingerprint density at radius 2 is 2.09 bits per heavy atom. The minimum atomic E-state index is 0.430. The van der Waals surface area contributed by atoms with Gasteiger partial charge in [0, 0.05) is 18.3 Å². The smallest absolute Gasteiger partial charge is 0.228 e. The van der Waals surface area contributed by atoms with Gasteiger partial charge in [-0.25, -0.2) is 0 Å². The first-order chi connectivity index (χ1) is 10.6. The van der Waals surface area contributed by atoms with Crippen LogP contribution in [-0.2, 0) is 0 Å². The number of nitrogens with one attached hydrogen (secondary N) is 1. The molecule has 0 saturated heterocycles. The highest BCUT2D eigenvalue weighted by atomic mass is 35.5. The van der Waals surface area contributed by atoms with Gasteiger partial charge >= 0.3 is 0 Å². The van der Waals surface area contributed by atoms with E-state index >= 15 is 0 Å². The predicted molar refractivity (Wildman–Crippen MR) is 83.1 cm³/mol. The van der Waals surface area contributed by atoms with Gasteiger partial charge in [0.1, 0.15) is 0 Å². The maximum atomic E-state index is 6.01. The van der Waals surface area contributed by atoms with E-state index in [1.807, 2.05) is 6.92 Å². The molecule has 0 bridgehead atoms. The van der Waals surface area contributed by atoms with Crippen LogP contribution in [0.5, 0.6) is 0 Å². The Hall–Kier alpha value is -2.38. The van der Waals surface area contributed by atoms with Gasteiger partial charge in [0.05, 0.1) is 21.4 Å². The monoisotopic (exact) mass is 336 g/mol. The molecule has 7 nitrogen and oxygen atoms in total. The molecule has 9 heteroatoms. The average molecular weight is 337 g/mol. The number of nitrogens with zero attached hydrogens (tertiary/aromatic N) is 5. The Morgan fingerprint density at radius 1 is 1.23 bits per heavy atom. The zero-order chi connectivity index (χ0) is 15.5. The average Bonchev–Trinajstić information content (AvgIpc) is 3.11. The highest BCUT2D eigenvalue weighted by molar-refractivity contribution is 6.42. The van der Waals surface area contributed by atoms with E-state index in [4.69, 9.17) is 27.7 Å². The lowest BCUT2D eigenvalue weighted by atomic mass is 10.3. The normalized spacial score (nSPS) is 11.2. The van der Waals surface area contributed by atoms with E-state index in [-0.39, 0.29) is 0 Å². The molecule has 1 N–H and O–H groups in total. The molecule has 0 spiro atoms. The molecule has 112 valence electrons. The maximum absolute atomic E-state index is 6.01. The summed E-state index contributed by atoms with van der Waals surface area (Å²) in [6.07, 6.45) is 3.35. The third-order valence-electron chi connectivity index (χ3n) is 2.73. The fourth-order valence-corrected chi connectivity index (χ4v) is 2.02. The van der Waals surface area contributed by atoms with Gasteiger partial charge < -0.3 is 9.84 Å². The molecular formula is C13H10Cl2N6O. The Labute approximate surface area is 135 Å². The predicted octanol–water partition coefficient (Wildman–Crippen LogP) is 3.35. The molecule has 0 aliphatic heterocycles. The zero-order valence-corrected chi connectivity index (χ0v) is 12.9. The van der Waals surface area contributed by atoms with Crippen LogP contribution in [0.1, 0.15) is 11.5 Å². The van der Waals surface area contributed by atoms with Crippen LogP contribution < -0.4 is 5.32 Å². The van der Waals surface area contributed by atoms with E-state index in [0.717, 1.165) is 5.69 Å². The molecule has 22 heavy (non-hydrogen) atoms. The van der Waals surface area contributed by atoms with Crippen molar-refractivity contribution in [1.82, 2.24) is 25.4 Å². The molecule has 0 radical (unpaired) electrons. The summed E-state index contributed by atoms with van der Waals surface area (Å²) in [5.41, 5.74) is 1.49. The summed E-state index contributed by atoms with van der Waals surface area (Å²) in [7, 11) is 0. The van der Waals surface area contributed by atoms with Crippen molar-refractivity contribution in [1.29, 1.82) is 0 Å². The second kappa shape index (κ2) is 6.17. The van der Waals surface area contributed by atoms with Crippen molar-refractivity contribution in [2.75, 3.05) is 5.32 Å². The summed E-state index contributed by atoms with van der Waals surface area (Å²) < 4.78 is 6.56. The first-order valence-corrected chi connectivity index (χ1v) is 6.99. The fourth-order valence-electron chi connectivity index (χ4n) is 1.73. The number of benzene rings is 1. The van der Waals surface area contributed by atoms with Crippen LogP contribution in [0.3, 0.4) is 0 Å². The minimum Gasteiger partial charge on any atom is -0.338 e. The van der Waals surface area contributed by atoms with Crippen molar-refractivity contribution in [3.05, 3.63) is 52.0 Å². The quantitative estimate of drug-likeness (QED) is 0.786. The van der Waals surface area contributed by atoms with Gasteiger partial charge in [0.25, 0.3) is 0 Å². The highest BCUT2D eigenvalue weighted by Gasteiger charge is 2.07. The number of aryl methyl sites for hydroxylation is 1. The first-order valence-electron chi connectivity index (χ1n) is 6.24. The first kappa shape index (κ1) is 14.6. The van der Waals surface area contributed by atoms with E-state index in [0.29, 0.717) is 27.4 Å². The van der Waals surface area contributed by atoms with Gasteiger partial charge in [-0.2, -0.15) is 4.68 Å². The van der Waals surface area contributed by atoms with Crippen molar-refractivity contribution in [2.24, 2.45) is 0 Å². The zero-order valence-electron chi connectivity index (χ0n) is 11.4. The Kier molecular flexibility index (Phi) is 4.08. The molecule has 0 saturated carbocycles. The second-order valence-electron chi connectivity index (χ2n) is 4.36. The molecule has 1 aromatic carbocycles. The van der Waals surface area contributed by atoms with Crippen LogP contribution in [0.4, 0.5) is 5.88 Å². The molecule has 2 aromatic heterocycles. The lowest BCUT2D eigenvalue weighted by molar-refractivity contribution is 0.429. The molecule has 0 atom stereocenters. The van der Waals surface area contributed by atoms with Crippen LogP contribution in [0.15, 0.2) is 35.0 Å². The van der Waals surface area contributed by atoms with E-state index < -0.39 is 0 Å². The van der Waals surface area contributed by atoms with Gasteiger partial charge in [0.15, 0.2) is 5.82 Å². The van der Waals surface area contributed by atoms with E-state index in [1.165, 1.54) is 4.68 Å². The van der Waals surface area contributed by atoms with Crippen LogP contribution in [0.2, 0.25) is 10.0 Å². The van der Waals surface area contributed by atoms with Gasteiger partial charge in [-0.1, -0.05) is 28.4 Å². The Morgan fingerprint density at radius 3 is 2.82 bits per heavy atom. The molecule has 0 unspecified atom stereocenters. The van der Waals surface area contributed by atoms with Crippen LogP contribution >= 0.6 is 23.2 Å². The summed E-state index contributed by atoms with van der Waals surface area (Å²) >= 11 is 11.9. The standard InChI is InChI=1S/C13H10Cl2N6O/c1-8-6-13(22-18-8)16-5-4-12-17-19-20-21(12)9-2-3-10(14)11(15)7-9/h2-7,16H,1H3. The molecule has 3 rings (SSSR count). The number of aromatic nitrogens is 5. The van der Waals surface area contributed by atoms with Crippen LogP contribution in [0.25, 0.3) is 11.8 Å². The molecule has 2 heterocycles. The minimum absolute atomic E-state index is 0.430. The highest BCUT2D eigenvalue weighted by Crippen LogP contribution is 2.24.